The summed E-state index contributed by atoms with van der Waals surface area (Å²) in [5, 5.41) is 10.6. The molecular weight excluding hydrogens is 440 g/mol. The van der Waals surface area contributed by atoms with E-state index in [9.17, 15) is 4.79 Å². The van der Waals surface area contributed by atoms with E-state index in [1.165, 1.54) is 11.1 Å². The molecule has 0 amide bonds. The summed E-state index contributed by atoms with van der Waals surface area (Å²) in [5.74, 6) is 0.466. The third kappa shape index (κ3) is 3.90. The molecule has 0 saturated heterocycles. The third-order valence-corrected chi connectivity index (χ3v) is 7.12. The van der Waals surface area contributed by atoms with Crippen LogP contribution < -0.4 is 21.5 Å². The number of rotatable bonds is 6. The zero-order valence-electron chi connectivity index (χ0n) is 20.3. The highest BCUT2D eigenvalue weighted by atomic mass is 16.1. The van der Waals surface area contributed by atoms with Crippen molar-refractivity contribution in [2.75, 3.05) is 18.9 Å². The first kappa shape index (κ1) is 21.9. The Bertz CT molecular complexity index is 1480. The van der Waals surface area contributed by atoms with Gasteiger partial charge < -0.3 is 16.0 Å². The Kier molecular flexibility index (Phi) is 5.19. The van der Waals surface area contributed by atoms with Gasteiger partial charge in [-0.3, -0.25) is 9.78 Å². The minimum absolute atomic E-state index is 0.0554. The van der Waals surface area contributed by atoms with Crippen LogP contribution in [0.2, 0.25) is 0 Å². The summed E-state index contributed by atoms with van der Waals surface area (Å²) in [5.41, 5.74) is 5.58. The van der Waals surface area contributed by atoms with Gasteiger partial charge in [-0.1, -0.05) is 6.07 Å². The van der Waals surface area contributed by atoms with E-state index in [4.69, 9.17) is 4.98 Å². The summed E-state index contributed by atoms with van der Waals surface area (Å²) in [6.45, 7) is 6.04. The minimum Gasteiger partial charge on any atom is -0.324 e. The van der Waals surface area contributed by atoms with Crippen molar-refractivity contribution in [3.8, 4) is 5.69 Å². The number of nitrogens with one attached hydrogen (secondary N) is 3. The van der Waals surface area contributed by atoms with Crippen LogP contribution in [0.25, 0.3) is 16.7 Å². The lowest BCUT2D eigenvalue weighted by molar-refractivity contribution is 0.430. The highest BCUT2D eigenvalue weighted by Gasteiger charge is 2.31. The number of hydrogen-bond donors (Lipinski definition) is 3. The Hall–Kier alpha value is -3.56. The van der Waals surface area contributed by atoms with Gasteiger partial charge in [0.1, 0.15) is 5.39 Å². The molecule has 3 N–H and O–H groups in total. The average molecular weight is 471 g/mol. The molecule has 1 fully saturated rings. The van der Waals surface area contributed by atoms with Crippen molar-refractivity contribution in [1.82, 2.24) is 34.9 Å². The fourth-order valence-electron chi connectivity index (χ4n) is 4.66. The highest BCUT2D eigenvalue weighted by molar-refractivity contribution is 5.77. The molecule has 9 nitrogen and oxygen atoms in total. The standard InChI is InChI=1S/C26H30N8O/c1-26(2,27-3)22-13-20(9-11-29-22)33-23-21(24(35)34(33)19-6-7-19)15-30-25(32-23)31-18-5-4-16-8-10-28-14-17(16)12-18/h4-5,9,11-13,15,19,27-28H,6-8,10,14H2,1-3H3,(H,30,31,32). The van der Waals surface area contributed by atoms with Crippen LogP contribution in [-0.4, -0.2) is 37.9 Å². The number of hydrogen-bond acceptors (Lipinski definition) is 7. The van der Waals surface area contributed by atoms with E-state index in [1.54, 1.807) is 12.4 Å². The molecule has 3 aromatic heterocycles. The molecule has 9 heteroatoms. The van der Waals surface area contributed by atoms with Gasteiger partial charge in [0.25, 0.3) is 5.56 Å². The third-order valence-electron chi connectivity index (χ3n) is 7.12. The smallest absolute Gasteiger partial charge is 0.278 e. The van der Waals surface area contributed by atoms with Crippen LogP contribution in [0, 0.1) is 0 Å². The number of fused-ring (bicyclic) bond motifs is 2. The van der Waals surface area contributed by atoms with Crippen LogP contribution in [0.15, 0.2) is 47.5 Å². The van der Waals surface area contributed by atoms with Crippen LogP contribution in [0.5, 0.6) is 0 Å². The molecule has 0 radical (unpaired) electrons. The molecule has 180 valence electrons. The van der Waals surface area contributed by atoms with E-state index in [2.05, 4.69) is 58.0 Å². The largest absolute Gasteiger partial charge is 0.324 e. The van der Waals surface area contributed by atoms with Crippen molar-refractivity contribution < 1.29 is 0 Å². The topological polar surface area (TPSA) is 102 Å². The second kappa shape index (κ2) is 8.28. The number of nitrogens with zero attached hydrogens (tertiary/aromatic N) is 5. The molecule has 1 saturated carbocycles. The Balaban J connectivity index is 1.46. The van der Waals surface area contributed by atoms with Crippen molar-refractivity contribution in [3.05, 3.63) is 69.9 Å². The lowest BCUT2D eigenvalue weighted by Gasteiger charge is -2.24. The molecule has 0 unspecified atom stereocenters. The first-order valence-corrected chi connectivity index (χ1v) is 12.2. The van der Waals surface area contributed by atoms with Gasteiger partial charge in [-0.05, 0) is 82.1 Å². The molecule has 6 rings (SSSR count). The maximum atomic E-state index is 13.4. The van der Waals surface area contributed by atoms with Crippen molar-refractivity contribution >= 4 is 22.7 Å². The molecule has 0 atom stereocenters. The van der Waals surface area contributed by atoms with Crippen molar-refractivity contribution in [1.29, 1.82) is 0 Å². The predicted molar refractivity (Wildman–Crippen MR) is 136 cm³/mol. The highest BCUT2D eigenvalue weighted by Crippen LogP contribution is 2.36. The SMILES string of the molecule is CNC(C)(C)c1cc(-n2c3nc(Nc4ccc5c(c4)CNCC5)ncc3c(=O)n2C2CC2)ccn1. The maximum absolute atomic E-state index is 13.4. The fourth-order valence-corrected chi connectivity index (χ4v) is 4.66. The Labute approximate surface area is 203 Å². The van der Waals surface area contributed by atoms with Gasteiger partial charge in [0, 0.05) is 24.6 Å². The van der Waals surface area contributed by atoms with Crippen molar-refractivity contribution in [2.24, 2.45) is 0 Å². The number of pyridine rings is 1. The van der Waals surface area contributed by atoms with Gasteiger partial charge in [0.2, 0.25) is 5.95 Å². The summed E-state index contributed by atoms with van der Waals surface area (Å²) < 4.78 is 3.77. The summed E-state index contributed by atoms with van der Waals surface area (Å²) >= 11 is 0. The van der Waals surface area contributed by atoms with Crippen molar-refractivity contribution in [3.63, 3.8) is 0 Å². The molecule has 35 heavy (non-hydrogen) atoms. The molecule has 1 aromatic carbocycles. The molecule has 0 bridgehead atoms. The molecular formula is C26H30N8O. The summed E-state index contributed by atoms with van der Waals surface area (Å²) in [6, 6.07) is 10.5. The first-order chi connectivity index (χ1) is 16.9. The average Bonchev–Trinajstić information content (AvgIpc) is 3.68. The van der Waals surface area contributed by atoms with Crippen LogP contribution in [0.3, 0.4) is 0 Å². The lowest BCUT2D eigenvalue weighted by Crippen LogP contribution is -2.34. The maximum Gasteiger partial charge on any atom is 0.278 e. The molecule has 1 aliphatic carbocycles. The van der Waals surface area contributed by atoms with Gasteiger partial charge in [-0.2, -0.15) is 4.98 Å². The summed E-state index contributed by atoms with van der Waals surface area (Å²) in [7, 11) is 1.92. The summed E-state index contributed by atoms with van der Waals surface area (Å²) in [6.07, 6.45) is 6.44. The Morgan fingerprint density at radius 3 is 2.77 bits per heavy atom. The van der Waals surface area contributed by atoms with E-state index < -0.39 is 0 Å². The van der Waals surface area contributed by atoms with Crippen LogP contribution in [0.4, 0.5) is 11.6 Å². The monoisotopic (exact) mass is 470 g/mol. The van der Waals surface area contributed by atoms with E-state index in [-0.39, 0.29) is 17.1 Å². The van der Waals surface area contributed by atoms with Gasteiger partial charge in [-0.25, -0.2) is 14.3 Å². The number of aromatic nitrogens is 5. The second-order valence-electron chi connectivity index (χ2n) is 9.93. The van der Waals surface area contributed by atoms with Gasteiger partial charge in [-0.15, -0.1) is 0 Å². The number of benzene rings is 1. The Morgan fingerprint density at radius 2 is 1.97 bits per heavy atom. The predicted octanol–water partition coefficient (Wildman–Crippen LogP) is 3.16. The van der Waals surface area contributed by atoms with Gasteiger partial charge in [0.05, 0.1) is 23.0 Å². The Morgan fingerprint density at radius 1 is 1.11 bits per heavy atom. The summed E-state index contributed by atoms with van der Waals surface area (Å²) in [4.78, 5) is 27.3. The zero-order chi connectivity index (χ0) is 24.2. The molecule has 0 spiro atoms. The number of anilines is 2. The van der Waals surface area contributed by atoms with E-state index in [0.717, 1.165) is 49.4 Å². The second-order valence-corrected chi connectivity index (χ2v) is 9.93. The minimum atomic E-state index is -0.313. The van der Waals surface area contributed by atoms with Gasteiger partial charge >= 0.3 is 0 Å². The van der Waals surface area contributed by atoms with Gasteiger partial charge in [0.15, 0.2) is 5.65 Å². The molecule has 1 aliphatic heterocycles. The zero-order valence-corrected chi connectivity index (χ0v) is 20.3. The normalized spacial score (nSPS) is 15.9. The fraction of sp³-hybridized carbons (Fsp3) is 0.385. The molecule has 2 aliphatic rings. The van der Waals surface area contributed by atoms with E-state index >= 15 is 0 Å². The quantitative estimate of drug-likeness (QED) is 0.398. The van der Waals surface area contributed by atoms with Crippen molar-refractivity contribution in [2.45, 2.75) is 51.2 Å². The first-order valence-electron chi connectivity index (χ1n) is 12.2. The van der Waals surface area contributed by atoms with Crippen LogP contribution in [-0.2, 0) is 18.5 Å². The van der Waals surface area contributed by atoms with E-state index in [1.807, 2.05) is 28.5 Å². The lowest BCUT2D eigenvalue weighted by atomic mass is 10.00. The molecule has 4 aromatic rings. The van der Waals surface area contributed by atoms with Crippen LogP contribution in [0.1, 0.15) is 49.6 Å². The molecule has 4 heterocycles. The van der Waals surface area contributed by atoms with Crippen LogP contribution >= 0.6 is 0 Å². The van der Waals surface area contributed by atoms with E-state index in [0.29, 0.717) is 17.0 Å².